The van der Waals surface area contributed by atoms with Gasteiger partial charge in [0.05, 0.1) is 91.9 Å². The van der Waals surface area contributed by atoms with E-state index in [9.17, 15) is 0 Å². The molecule has 0 fully saturated rings. The van der Waals surface area contributed by atoms with Crippen molar-refractivity contribution in [3.8, 4) is 57.3 Å². The van der Waals surface area contributed by atoms with E-state index in [1.54, 1.807) is 34.0 Å². The first kappa shape index (κ1) is 69.6. The van der Waals surface area contributed by atoms with Crippen molar-refractivity contribution in [3.63, 3.8) is 0 Å². The zero-order chi connectivity index (χ0) is 80.5. The van der Waals surface area contributed by atoms with Gasteiger partial charge in [0.2, 0.25) is 17.8 Å². The number of furan rings is 1. The van der Waals surface area contributed by atoms with Crippen molar-refractivity contribution in [2.24, 2.45) is 0 Å². The van der Waals surface area contributed by atoms with Crippen LogP contribution in [0.3, 0.4) is 0 Å². The van der Waals surface area contributed by atoms with Crippen LogP contribution in [0.5, 0.6) is 0 Å². The number of aromatic nitrogens is 10. The minimum absolute atomic E-state index is 0.670. The van der Waals surface area contributed by atoms with Gasteiger partial charge >= 0.3 is 0 Å². The van der Waals surface area contributed by atoms with Crippen LogP contribution >= 0.6 is 45.3 Å². The predicted octanol–water partition coefficient (Wildman–Crippen LogP) is 30.2. The molecule has 12 aromatic heterocycles. The summed E-state index contributed by atoms with van der Waals surface area (Å²) in [4.78, 5) is 31.8. The van der Waals surface area contributed by atoms with E-state index in [0.717, 1.165) is 147 Å². The van der Waals surface area contributed by atoms with Crippen LogP contribution in [0.2, 0.25) is 0 Å². The van der Waals surface area contributed by atoms with Crippen molar-refractivity contribution >= 4 is 236 Å². The lowest BCUT2D eigenvalue weighted by molar-refractivity contribution is 0.669. The Morgan fingerprint density at radius 1 is 0.187 bits per heavy atom. The second kappa shape index (κ2) is 27.6. The average Bonchev–Trinajstić information content (AvgIpc) is 1.56. The number of para-hydroxylation sites is 6. The van der Waals surface area contributed by atoms with Crippen LogP contribution in [0.25, 0.3) is 248 Å². The van der Waals surface area contributed by atoms with Crippen LogP contribution in [0.15, 0.2) is 381 Å². The maximum atomic E-state index is 6.26. The lowest BCUT2D eigenvalue weighted by atomic mass is 10.1. The first-order valence-electron chi connectivity index (χ1n) is 41.0. The van der Waals surface area contributed by atoms with Crippen LogP contribution in [0.1, 0.15) is 0 Å². The highest BCUT2D eigenvalue weighted by Gasteiger charge is 2.28. The molecule has 28 aromatic rings. The van der Waals surface area contributed by atoms with E-state index in [2.05, 4.69) is 376 Å². The zero-order valence-corrected chi connectivity index (χ0v) is 68.6. The van der Waals surface area contributed by atoms with Crippen molar-refractivity contribution in [2.45, 2.75) is 0 Å². The summed E-state index contributed by atoms with van der Waals surface area (Å²) >= 11 is 7.14. The van der Waals surface area contributed by atoms with Crippen molar-refractivity contribution in [1.82, 2.24) is 48.2 Å². The second-order valence-electron chi connectivity index (χ2n) is 31.0. The molecule has 0 saturated carbocycles. The molecule has 0 bridgehead atoms. The van der Waals surface area contributed by atoms with Crippen molar-refractivity contribution < 1.29 is 4.42 Å². The molecule has 28 rings (SSSR count). The molecule has 11 nitrogen and oxygen atoms in total. The van der Waals surface area contributed by atoms with E-state index < -0.39 is 0 Å². The molecular weight excluding hydrogens is 1580 g/mol. The first-order chi connectivity index (χ1) is 61.0. The fraction of sp³-hybridized carbons (Fsp3) is 0. The van der Waals surface area contributed by atoms with Gasteiger partial charge in [-0.25, -0.2) is 29.9 Å². The van der Waals surface area contributed by atoms with Gasteiger partial charge in [-0.05, 0) is 103 Å². The first-order valence-corrected chi connectivity index (χ1v) is 44.2. The fourth-order valence-corrected chi connectivity index (χ4v) is 23.6. The molecule has 16 aromatic carbocycles. The Kier molecular flexibility index (Phi) is 15.6. The molecule has 0 atom stereocenters. The Bertz CT molecular complexity index is 8890. The molecule has 15 heteroatoms. The van der Waals surface area contributed by atoms with E-state index in [4.69, 9.17) is 34.3 Å². The number of hydrogen-bond acceptors (Lipinski definition) is 11. The fourth-order valence-electron chi connectivity index (χ4n) is 19.0. The molecule has 0 unspecified atom stereocenters. The van der Waals surface area contributed by atoms with Crippen LogP contribution in [0, 0.1) is 0 Å². The molecule has 0 aliphatic carbocycles. The van der Waals surface area contributed by atoms with Crippen molar-refractivity contribution in [1.29, 1.82) is 0 Å². The van der Waals surface area contributed by atoms with Gasteiger partial charge < -0.3 is 8.98 Å². The molecule has 0 spiro atoms. The molecule has 0 N–H and O–H groups in total. The molecule has 0 aliphatic heterocycles. The summed E-state index contributed by atoms with van der Waals surface area (Å²) < 4.78 is 25.0. The third-order valence-electron chi connectivity index (χ3n) is 24.2. The topological polar surface area (TPSA) is 110 Å². The summed E-state index contributed by atoms with van der Waals surface area (Å²) in [5, 5.41) is 18.0. The van der Waals surface area contributed by atoms with E-state index in [1.807, 2.05) is 29.5 Å². The van der Waals surface area contributed by atoms with Gasteiger partial charge in [-0.2, -0.15) is 0 Å². The maximum Gasteiger partial charge on any atom is 0.235 e. The minimum Gasteiger partial charge on any atom is -0.456 e. The van der Waals surface area contributed by atoms with Crippen LogP contribution in [0.4, 0.5) is 0 Å². The zero-order valence-electron chi connectivity index (χ0n) is 65.3. The largest absolute Gasteiger partial charge is 0.456 e. The molecule has 574 valence electrons. The highest BCUT2D eigenvalue weighted by Crippen LogP contribution is 2.50. The summed E-state index contributed by atoms with van der Waals surface area (Å²) in [5.74, 6) is 2.06. The van der Waals surface area contributed by atoms with Crippen LogP contribution < -0.4 is 0 Å². The van der Waals surface area contributed by atoms with E-state index >= 15 is 0 Å². The number of thiophene rings is 4. The number of fused-ring (bicyclic) bond motifs is 30. The molecule has 0 radical (unpaired) electrons. The Balaban J connectivity index is 0.0000000993. The maximum absolute atomic E-state index is 6.26. The lowest BCUT2D eigenvalue weighted by Gasteiger charge is -2.10. The Morgan fingerprint density at radius 2 is 0.488 bits per heavy atom. The molecule has 0 saturated heterocycles. The second-order valence-corrected chi connectivity index (χ2v) is 35.2. The highest BCUT2D eigenvalue weighted by molar-refractivity contribution is 7.27. The molecule has 0 aliphatic rings. The van der Waals surface area contributed by atoms with Crippen LogP contribution in [-0.4, -0.2) is 48.2 Å². The van der Waals surface area contributed by atoms with Gasteiger partial charge in [0.15, 0.2) is 0 Å². The minimum atomic E-state index is 0.670. The number of benzene rings is 16. The Labute approximate surface area is 716 Å². The van der Waals surface area contributed by atoms with E-state index in [0.29, 0.717) is 17.8 Å². The number of hydrogen-bond donors (Lipinski definition) is 0. The smallest absolute Gasteiger partial charge is 0.235 e. The monoisotopic (exact) mass is 1640 g/mol. The summed E-state index contributed by atoms with van der Waals surface area (Å²) in [6.45, 7) is 0. The summed E-state index contributed by atoms with van der Waals surface area (Å²) in [6, 6.07) is 132. The lowest BCUT2D eigenvalue weighted by Crippen LogP contribution is -2.02. The van der Waals surface area contributed by atoms with Crippen LogP contribution in [-0.2, 0) is 0 Å². The van der Waals surface area contributed by atoms with Gasteiger partial charge in [-0.15, -0.1) is 45.3 Å². The number of nitrogens with zero attached hydrogens (tertiary/aromatic N) is 10. The van der Waals surface area contributed by atoms with Gasteiger partial charge in [0.1, 0.15) is 11.2 Å². The summed E-state index contributed by atoms with van der Waals surface area (Å²) in [7, 11) is 0. The average molecular weight is 1640 g/mol. The molecule has 0 amide bonds. The third kappa shape index (κ3) is 10.7. The van der Waals surface area contributed by atoms with Crippen molar-refractivity contribution in [2.75, 3.05) is 0 Å². The van der Waals surface area contributed by atoms with E-state index in [1.165, 1.54) is 83.0 Å². The SMILES string of the molecule is c1ccc(-c2nc(-n3c4ccccc4c4c5c(ccc43)oc3ccccc35)nc3c2sc2ccccc23)cc1.c1ccc(-c2nc(-n3c4ccccc4c4c5c(ccc43)sc3ccccc35)nc3c2sc2ccccc23)cc1.c1ccc(-c2nc(-n3c4ccccc4c4c5c6ccccc6n(-c6ccccc6)c5ccc43)nc3c2sc2ccccc23)cc1. The van der Waals surface area contributed by atoms with E-state index in [-0.39, 0.29) is 0 Å². The van der Waals surface area contributed by atoms with Gasteiger partial charge in [0, 0.05) is 127 Å². The van der Waals surface area contributed by atoms with Gasteiger partial charge in [-0.3, -0.25) is 13.7 Å². The highest BCUT2D eigenvalue weighted by atomic mass is 32.1. The molecule has 12 heterocycles. The standard InChI is InChI=1S/C40H24N4S.C34H19N3OS.C34H19N3S2/c1-3-13-25(14-4-1)37-39-38(29-19-9-12-22-34(29)45-39)42-40(41-37)44-31-21-11-8-18-28(31)36-33(44)24-23-32-35(36)27-17-7-10-20-30(27)43(32)26-15-5-2-6-16-26;1-2-10-20(11-3-1)31-33-32(23-14-6-9-17-28(23)39-33)36-34(35-31)37-24-15-7-4-12-21(24)29-25(37)18-19-27-30(29)22-13-5-8-16-26(22)38-27;1-2-10-20(11-3-1)31-33-32(23-14-6-9-17-27(23)39-33)36-34(35-31)37-24-15-7-4-12-21(24)29-25(37)18-19-28-30(29)22-13-5-8-16-26(22)38-28/h1-24H;2*1-19H. The number of rotatable bonds is 7. The normalized spacial score (nSPS) is 12.1. The van der Waals surface area contributed by atoms with Crippen molar-refractivity contribution in [3.05, 3.63) is 376 Å². The quantitative estimate of drug-likeness (QED) is 0.156. The van der Waals surface area contributed by atoms with Gasteiger partial charge in [0.25, 0.3) is 0 Å². The molecular formula is C108H62N10OS4. The molecule has 123 heavy (non-hydrogen) atoms. The Morgan fingerprint density at radius 3 is 0.911 bits per heavy atom. The third-order valence-corrected chi connectivity index (χ3v) is 28.8. The Hall–Kier alpha value is -15.4. The van der Waals surface area contributed by atoms with Gasteiger partial charge in [-0.1, -0.05) is 273 Å². The summed E-state index contributed by atoms with van der Waals surface area (Å²) in [5.41, 5.74) is 21.0. The summed E-state index contributed by atoms with van der Waals surface area (Å²) in [6.07, 6.45) is 0. The predicted molar refractivity (Wildman–Crippen MR) is 519 cm³/mol.